The van der Waals surface area contributed by atoms with Gasteiger partial charge >= 0.3 is 0 Å². The molecule has 2 atom stereocenters. The molecular formula is C19H24N2. The largest absolute Gasteiger partial charge is 0.343 e. The summed E-state index contributed by atoms with van der Waals surface area (Å²) in [5.41, 5.74) is 5.40. The van der Waals surface area contributed by atoms with Gasteiger partial charge in [0.25, 0.3) is 0 Å². The predicted octanol–water partition coefficient (Wildman–Crippen LogP) is 4.13. The summed E-state index contributed by atoms with van der Waals surface area (Å²) < 4.78 is 2.67. The molecule has 110 valence electrons. The molecule has 5 rings (SSSR count). The van der Waals surface area contributed by atoms with Crippen LogP contribution < -0.4 is 0 Å². The molecule has 4 heterocycles. The molecular weight excluding hydrogens is 256 g/mol. The third kappa shape index (κ3) is 1.42. The minimum Gasteiger partial charge on any atom is -0.343 e. The lowest BCUT2D eigenvalue weighted by molar-refractivity contribution is -0.0253. The van der Waals surface area contributed by atoms with E-state index in [0.29, 0.717) is 11.5 Å². The zero-order valence-electron chi connectivity index (χ0n) is 12.9. The molecule has 3 aliphatic rings. The van der Waals surface area contributed by atoms with Gasteiger partial charge < -0.3 is 4.57 Å². The van der Waals surface area contributed by atoms with Gasteiger partial charge in [-0.3, -0.25) is 4.90 Å². The Kier molecular flexibility index (Phi) is 2.42. The van der Waals surface area contributed by atoms with Crippen LogP contribution in [0.5, 0.6) is 0 Å². The van der Waals surface area contributed by atoms with E-state index in [2.05, 4.69) is 40.7 Å². The van der Waals surface area contributed by atoms with Crippen molar-refractivity contribution < 1.29 is 0 Å². The maximum atomic E-state index is 2.81. The van der Waals surface area contributed by atoms with Crippen molar-refractivity contribution in [2.24, 2.45) is 5.41 Å². The maximum Gasteiger partial charge on any atom is 0.0560 e. The van der Waals surface area contributed by atoms with Gasteiger partial charge in [-0.2, -0.15) is 0 Å². The van der Waals surface area contributed by atoms with Crippen molar-refractivity contribution in [1.29, 1.82) is 0 Å². The van der Waals surface area contributed by atoms with Crippen molar-refractivity contribution in [3.05, 3.63) is 35.5 Å². The summed E-state index contributed by atoms with van der Waals surface area (Å²) in [7, 11) is 0. The number of hydrogen-bond acceptors (Lipinski definition) is 1. The van der Waals surface area contributed by atoms with Crippen LogP contribution in [0, 0.1) is 5.41 Å². The van der Waals surface area contributed by atoms with Crippen molar-refractivity contribution in [3.63, 3.8) is 0 Å². The van der Waals surface area contributed by atoms with E-state index in [9.17, 15) is 0 Å². The minimum atomic E-state index is 0.553. The van der Waals surface area contributed by atoms with Crippen molar-refractivity contribution in [3.8, 4) is 0 Å². The van der Waals surface area contributed by atoms with Gasteiger partial charge in [0, 0.05) is 29.7 Å². The molecule has 21 heavy (non-hydrogen) atoms. The monoisotopic (exact) mass is 280 g/mol. The molecule has 0 amide bonds. The van der Waals surface area contributed by atoms with Crippen LogP contribution in [-0.4, -0.2) is 22.6 Å². The Hall–Kier alpha value is -1.28. The highest BCUT2D eigenvalue weighted by atomic mass is 15.2. The van der Waals surface area contributed by atoms with Crippen LogP contribution in [0.1, 0.15) is 49.9 Å². The van der Waals surface area contributed by atoms with Gasteiger partial charge in [0.15, 0.2) is 0 Å². The number of para-hydroxylation sites is 1. The fraction of sp³-hybridized carbons (Fsp3) is 0.579. The summed E-state index contributed by atoms with van der Waals surface area (Å²) in [4.78, 5) is 2.81. The Labute approximate surface area is 126 Å². The number of piperidine rings is 1. The molecule has 0 radical (unpaired) electrons. The highest BCUT2D eigenvalue weighted by Gasteiger charge is 2.50. The highest BCUT2D eigenvalue weighted by Crippen LogP contribution is 2.56. The summed E-state index contributed by atoms with van der Waals surface area (Å²) in [6.45, 7) is 6.24. The van der Waals surface area contributed by atoms with Gasteiger partial charge in [0.2, 0.25) is 0 Å². The number of aryl methyl sites for hydroxylation is 1. The summed E-state index contributed by atoms with van der Waals surface area (Å²) >= 11 is 0. The Morgan fingerprint density at radius 1 is 1.14 bits per heavy atom. The molecule has 0 N–H and O–H groups in total. The van der Waals surface area contributed by atoms with Crippen LogP contribution in [-0.2, 0) is 13.0 Å². The molecule has 3 aliphatic heterocycles. The van der Waals surface area contributed by atoms with E-state index in [1.54, 1.807) is 11.3 Å². The van der Waals surface area contributed by atoms with E-state index in [1.807, 2.05) is 0 Å². The predicted molar refractivity (Wildman–Crippen MR) is 86.5 cm³/mol. The average Bonchev–Trinajstić information content (AvgIpc) is 2.88. The van der Waals surface area contributed by atoms with Crippen molar-refractivity contribution in [1.82, 2.24) is 9.47 Å². The first kappa shape index (κ1) is 12.3. The summed E-state index contributed by atoms with van der Waals surface area (Å²) in [5.74, 6) is 0. The Bertz CT molecular complexity index is 681. The lowest BCUT2D eigenvalue weighted by Crippen LogP contribution is -2.52. The van der Waals surface area contributed by atoms with E-state index in [-0.39, 0.29) is 0 Å². The highest BCUT2D eigenvalue weighted by molar-refractivity contribution is 5.86. The van der Waals surface area contributed by atoms with Crippen LogP contribution in [0.25, 0.3) is 10.9 Å². The van der Waals surface area contributed by atoms with Gasteiger partial charge in [-0.05, 0) is 55.7 Å². The fourth-order valence-corrected chi connectivity index (χ4v) is 5.60. The molecule has 0 unspecified atom stereocenters. The lowest BCUT2D eigenvalue weighted by Gasteiger charge is -2.55. The maximum absolute atomic E-state index is 2.81. The van der Waals surface area contributed by atoms with Gasteiger partial charge in [-0.1, -0.05) is 25.1 Å². The first-order valence-corrected chi connectivity index (χ1v) is 8.68. The van der Waals surface area contributed by atoms with Crippen LogP contribution in [0.15, 0.2) is 24.3 Å². The van der Waals surface area contributed by atoms with E-state index in [0.717, 1.165) is 0 Å². The van der Waals surface area contributed by atoms with Crippen LogP contribution in [0.2, 0.25) is 0 Å². The SMILES string of the molecule is CC[C@@]12CCCN3CCc4c(n(c5ccccc45)CC1)[C@@H]32. The second-order valence-electron chi connectivity index (χ2n) is 7.29. The first-order chi connectivity index (χ1) is 10.3. The molecule has 2 heteroatoms. The Morgan fingerprint density at radius 2 is 2.05 bits per heavy atom. The zero-order valence-corrected chi connectivity index (χ0v) is 12.9. The average molecular weight is 280 g/mol. The number of benzene rings is 1. The van der Waals surface area contributed by atoms with Gasteiger partial charge in [0.05, 0.1) is 6.04 Å². The topological polar surface area (TPSA) is 8.17 Å². The number of hydrogen-bond donors (Lipinski definition) is 0. The Balaban J connectivity index is 1.83. The molecule has 0 bridgehead atoms. The molecule has 1 aromatic heterocycles. The van der Waals surface area contributed by atoms with Crippen LogP contribution >= 0.6 is 0 Å². The van der Waals surface area contributed by atoms with Crippen molar-refractivity contribution >= 4 is 10.9 Å². The van der Waals surface area contributed by atoms with Crippen molar-refractivity contribution in [2.45, 2.75) is 51.6 Å². The molecule has 2 nitrogen and oxygen atoms in total. The minimum absolute atomic E-state index is 0.553. The normalized spacial score (nSPS) is 31.4. The van der Waals surface area contributed by atoms with E-state index in [4.69, 9.17) is 0 Å². The van der Waals surface area contributed by atoms with Gasteiger partial charge in [-0.15, -0.1) is 0 Å². The summed E-state index contributed by atoms with van der Waals surface area (Å²) in [6, 6.07) is 9.80. The number of aromatic nitrogens is 1. The molecule has 1 aromatic carbocycles. The second-order valence-corrected chi connectivity index (χ2v) is 7.29. The van der Waals surface area contributed by atoms with E-state index < -0.39 is 0 Å². The molecule has 2 aromatic rings. The molecule has 1 fully saturated rings. The number of rotatable bonds is 1. The van der Waals surface area contributed by atoms with Gasteiger partial charge in [0.1, 0.15) is 0 Å². The number of fused-ring (bicyclic) bond motifs is 3. The first-order valence-electron chi connectivity index (χ1n) is 8.68. The van der Waals surface area contributed by atoms with E-state index in [1.165, 1.54) is 62.6 Å². The second kappa shape index (κ2) is 4.13. The zero-order chi connectivity index (χ0) is 14.0. The molecule has 1 saturated heterocycles. The molecule has 0 saturated carbocycles. The smallest absolute Gasteiger partial charge is 0.0560 e. The van der Waals surface area contributed by atoms with Gasteiger partial charge in [-0.25, -0.2) is 0 Å². The standard InChI is InChI=1S/C19H24N2/c1-2-19-9-5-11-20-12-8-15-14-6-3-4-7-16(14)21(13-10-19)17(15)18(19)20/h3-4,6-7,18H,2,5,8-13H2,1H3/t18-,19-/m1/s1. The Morgan fingerprint density at radius 3 is 2.95 bits per heavy atom. The lowest BCUT2D eigenvalue weighted by atomic mass is 9.64. The molecule has 0 spiro atoms. The van der Waals surface area contributed by atoms with Crippen LogP contribution in [0.3, 0.4) is 0 Å². The van der Waals surface area contributed by atoms with E-state index >= 15 is 0 Å². The summed E-state index contributed by atoms with van der Waals surface area (Å²) in [5, 5.41) is 1.53. The van der Waals surface area contributed by atoms with Crippen molar-refractivity contribution in [2.75, 3.05) is 13.1 Å². The van der Waals surface area contributed by atoms with Crippen LogP contribution in [0.4, 0.5) is 0 Å². The third-order valence-electron chi connectivity index (χ3n) is 6.63. The third-order valence-corrected chi connectivity index (χ3v) is 6.63. The quantitative estimate of drug-likeness (QED) is 0.762. The summed E-state index contributed by atoms with van der Waals surface area (Å²) in [6.07, 6.45) is 6.80. The molecule has 0 aliphatic carbocycles. The fourth-order valence-electron chi connectivity index (χ4n) is 5.60. The number of nitrogens with zero attached hydrogens (tertiary/aromatic N) is 2.